The summed E-state index contributed by atoms with van der Waals surface area (Å²) in [5.41, 5.74) is 7.29. The quantitative estimate of drug-likeness (QED) is 0.879. The van der Waals surface area contributed by atoms with Crippen LogP contribution in [0, 0.1) is 0 Å². The number of ether oxygens (including phenoxy) is 2. The summed E-state index contributed by atoms with van der Waals surface area (Å²) in [6, 6.07) is 5.90. The smallest absolute Gasteiger partial charge is 0.119 e. The average Bonchev–Trinajstić information content (AvgIpc) is 2.33. The molecule has 0 radical (unpaired) electrons. The molecule has 1 aromatic rings. The van der Waals surface area contributed by atoms with Gasteiger partial charge in [-0.2, -0.15) is 0 Å². The summed E-state index contributed by atoms with van der Waals surface area (Å²) in [5.74, 6) is 0.848. The monoisotopic (exact) mass is 301 g/mol. The molecule has 1 rings (SSSR count). The molecule has 96 valence electrons. The molecule has 0 heterocycles. The molecule has 2 N–H and O–H groups in total. The second kappa shape index (κ2) is 6.99. The molecule has 0 aliphatic carbocycles. The second-order valence-electron chi connectivity index (χ2n) is 4.01. The summed E-state index contributed by atoms with van der Waals surface area (Å²) in [4.78, 5) is 0. The van der Waals surface area contributed by atoms with Crippen molar-refractivity contribution in [2.45, 2.75) is 31.9 Å². The Morgan fingerprint density at radius 1 is 1.35 bits per heavy atom. The Bertz CT molecular complexity index is 353. The molecule has 2 atom stereocenters. The van der Waals surface area contributed by atoms with Gasteiger partial charge in [0.15, 0.2) is 0 Å². The van der Waals surface area contributed by atoms with E-state index in [1.54, 1.807) is 14.2 Å². The van der Waals surface area contributed by atoms with Gasteiger partial charge >= 0.3 is 0 Å². The van der Waals surface area contributed by atoms with E-state index in [0.717, 1.165) is 28.6 Å². The topological polar surface area (TPSA) is 44.5 Å². The third kappa shape index (κ3) is 3.98. The first-order valence-electron chi connectivity index (χ1n) is 5.73. The molecule has 0 aliphatic heterocycles. The van der Waals surface area contributed by atoms with E-state index in [9.17, 15) is 0 Å². The van der Waals surface area contributed by atoms with Gasteiger partial charge in [0.2, 0.25) is 0 Å². The minimum Gasteiger partial charge on any atom is -0.497 e. The van der Waals surface area contributed by atoms with E-state index in [-0.39, 0.29) is 12.1 Å². The van der Waals surface area contributed by atoms with Crippen molar-refractivity contribution in [3.63, 3.8) is 0 Å². The summed E-state index contributed by atoms with van der Waals surface area (Å²) in [5, 5.41) is 0. The van der Waals surface area contributed by atoms with E-state index in [2.05, 4.69) is 22.9 Å². The van der Waals surface area contributed by atoms with Crippen LogP contribution in [0.5, 0.6) is 5.75 Å². The maximum atomic E-state index is 6.14. The van der Waals surface area contributed by atoms with Crippen molar-refractivity contribution in [1.82, 2.24) is 0 Å². The summed E-state index contributed by atoms with van der Waals surface area (Å²) in [6.07, 6.45) is 1.77. The van der Waals surface area contributed by atoms with Crippen molar-refractivity contribution in [3.8, 4) is 5.75 Å². The lowest BCUT2D eigenvalue weighted by Crippen LogP contribution is -2.37. The highest BCUT2D eigenvalue weighted by Gasteiger charge is 2.17. The molecule has 0 bridgehead atoms. The van der Waals surface area contributed by atoms with Crippen LogP contribution in [0.3, 0.4) is 0 Å². The molecule has 3 nitrogen and oxygen atoms in total. The number of methoxy groups -OCH3 is 2. The third-order valence-corrected chi connectivity index (χ3v) is 3.66. The highest BCUT2D eigenvalue weighted by Crippen LogP contribution is 2.24. The van der Waals surface area contributed by atoms with Gasteiger partial charge in [0, 0.05) is 17.6 Å². The lowest BCUT2D eigenvalue weighted by atomic mass is 10.0. The van der Waals surface area contributed by atoms with Crippen LogP contribution in [0.2, 0.25) is 0 Å². The number of hydrogen-bond acceptors (Lipinski definition) is 3. The fourth-order valence-corrected chi connectivity index (χ4v) is 2.27. The highest BCUT2D eigenvalue weighted by atomic mass is 79.9. The molecular weight excluding hydrogens is 282 g/mol. The van der Waals surface area contributed by atoms with Crippen LogP contribution in [0.1, 0.15) is 18.9 Å². The summed E-state index contributed by atoms with van der Waals surface area (Å²) in [6.45, 7) is 2.08. The predicted octanol–water partition coefficient (Wildman–Crippen LogP) is 2.75. The van der Waals surface area contributed by atoms with E-state index in [1.807, 2.05) is 18.2 Å². The van der Waals surface area contributed by atoms with Crippen LogP contribution in [0.4, 0.5) is 0 Å². The Hall–Kier alpha value is -0.580. The lowest BCUT2D eigenvalue weighted by Gasteiger charge is -2.21. The molecule has 0 fully saturated rings. The minimum absolute atomic E-state index is 0.00611. The molecule has 0 amide bonds. The Morgan fingerprint density at radius 3 is 2.59 bits per heavy atom. The Kier molecular flexibility index (Phi) is 5.95. The zero-order chi connectivity index (χ0) is 12.8. The standard InChI is InChI=1S/C13H20BrNO2/c1-4-13(17-3)12(15)8-9-7-10(16-2)5-6-11(9)14/h5-7,12-13H,4,8,15H2,1-3H3. The van der Waals surface area contributed by atoms with Gasteiger partial charge in [-0.3, -0.25) is 0 Å². The van der Waals surface area contributed by atoms with Crippen LogP contribution < -0.4 is 10.5 Å². The summed E-state index contributed by atoms with van der Waals surface area (Å²) < 4.78 is 11.6. The molecular formula is C13H20BrNO2. The van der Waals surface area contributed by atoms with Crippen molar-refractivity contribution in [3.05, 3.63) is 28.2 Å². The van der Waals surface area contributed by atoms with Crippen molar-refractivity contribution < 1.29 is 9.47 Å². The molecule has 0 spiro atoms. The number of benzene rings is 1. The van der Waals surface area contributed by atoms with Gasteiger partial charge in [0.05, 0.1) is 13.2 Å². The minimum atomic E-state index is -0.00611. The predicted molar refractivity (Wildman–Crippen MR) is 73.5 cm³/mol. The van der Waals surface area contributed by atoms with Gasteiger partial charge in [0.25, 0.3) is 0 Å². The maximum absolute atomic E-state index is 6.14. The van der Waals surface area contributed by atoms with E-state index in [4.69, 9.17) is 15.2 Å². The number of hydrogen-bond donors (Lipinski definition) is 1. The first-order chi connectivity index (χ1) is 8.12. The van der Waals surface area contributed by atoms with E-state index >= 15 is 0 Å². The molecule has 2 unspecified atom stereocenters. The van der Waals surface area contributed by atoms with Crippen molar-refractivity contribution in [2.24, 2.45) is 5.73 Å². The first-order valence-corrected chi connectivity index (χ1v) is 6.52. The molecule has 1 aromatic carbocycles. The molecule has 17 heavy (non-hydrogen) atoms. The molecule has 0 saturated heterocycles. The van der Waals surface area contributed by atoms with Crippen LogP contribution in [-0.2, 0) is 11.2 Å². The molecule has 4 heteroatoms. The zero-order valence-corrected chi connectivity index (χ0v) is 12.2. The molecule has 0 aromatic heterocycles. The normalized spacial score (nSPS) is 14.4. The first kappa shape index (κ1) is 14.5. The largest absolute Gasteiger partial charge is 0.497 e. The zero-order valence-electron chi connectivity index (χ0n) is 10.6. The van der Waals surface area contributed by atoms with Crippen molar-refractivity contribution in [2.75, 3.05) is 14.2 Å². The number of nitrogens with two attached hydrogens (primary N) is 1. The van der Waals surface area contributed by atoms with Gasteiger partial charge in [-0.15, -0.1) is 0 Å². The van der Waals surface area contributed by atoms with Gasteiger partial charge in [-0.25, -0.2) is 0 Å². The maximum Gasteiger partial charge on any atom is 0.119 e. The Labute approximate surface area is 111 Å². The van der Waals surface area contributed by atoms with Gasteiger partial charge in [-0.1, -0.05) is 22.9 Å². The van der Waals surface area contributed by atoms with Gasteiger partial charge in [-0.05, 0) is 36.6 Å². The van der Waals surface area contributed by atoms with Crippen LogP contribution in [0.25, 0.3) is 0 Å². The SMILES string of the molecule is CCC(OC)C(N)Cc1cc(OC)ccc1Br. The Balaban J connectivity index is 2.79. The third-order valence-electron chi connectivity index (χ3n) is 2.89. The molecule has 0 aliphatic rings. The Morgan fingerprint density at radius 2 is 2.06 bits per heavy atom. The summed E-state index contributed by atoms with van der Waals surface area (Å²) in [7, 11) is 3.37. The molecule has 0 saturated carbocycles. The van der Waals surface area contributed by atoms with Crippen LogP contribution >= 0.6 is 15.9 Å². The number of rotatable bonds is 6. The highest BCUT2D eigenvalue weighted by molar-refractivity contribution is 9.10. The fraction of sp³-hybridized carbons (Fsp3) is 0.538. The van der Waals surface area contributed by atoms with Crippen molar-refractivity contribution >= 4 is 15.9 Å². The van der Waals surface area contributed by atoms with E-state index < -0.39 is 0 Å². The fourth-order valence-electron chi connectivity index (χ4n) is 1.86. The van der Waals surface area contributed by atoms with Crippen molar-refractivity contribution in [1.29, 1.82) is 0 Å². The second-order valence-corrected chi connectivity index (χ2v) is 4.86. The van der Waals surface area contributed by atoms with E-state index in [1.165, 1.54) is 0 Å². The lowest BCUT2D eigenvalue weighted by molar-refractivity contribution is 0.0772. The van der Waals surface area contributed by atoms with Crippen LogP contribution in [0.15, 0.2) is 22.7 Å². The van der Waals surface area contributed by atoms with E-state index in [0.29, 0.717) is 0 Å². The van der Waals surface area contributed by atoms with Gasteiger partial charge in [0.1, 0.15) is 5.75 Å². The van der Waals surface area contributed by atoms with Crippen LogP contribution in [-0.4, -0.2) is 26.4 Å². The van der Waals surface area contributed by atoms with Gasteiger partial charge < -0.3 is 15.2 Å². The summed E-state index contributed by atoms with van der Waals surface area (Å²) >= 11 is 3.53. The average molecular weight is 302 g/mol. The number of halogens is 1.